The molecule has 1 N–H and O–H groups in total. The molecule has 0 fully saturated rings. The largest absolute Gasteiger partial charge is 0.493 e. The molecule has 1 aliphatic rings. The number of halogens is 1. The first-order valence-corrected chi connectivity index (χ1v) is 6.83. The van der Waals surface area contributed by atoms with Crippen LogP contribution in [0.5, 0.6) is 5.75 Å². The Balaban J connectivity index is 2.03. The highest BCUT2D eigenvalue weighted by Gasteiger charge is 2.22. The summed E-state index contributed by atoms with van der Waals surface area (Å²) in [7, 11) is 1.87. The maximum atomic E-state index is 13.0. The molecule has 3 nitrogen and oxygen atoms in total. The fraction of sp³-hybridized carbons (Fsp3) is 0.312. The summed E-state index contributed by atoms with van der Waals surface area (Å²) in [6.45, 7) is 0.747. The summed E-state index contributed by atoms with van der Waals surface area (Å²) < 4.78 is 18.9. The van der Waals surface area contributed by atoms with Crippen molar-refractivity contribution >= 4 is 0 Å². The highest BCUT2D eigenvalue weighted by Crippen LogP contribution is 2.34. The van der Waals surface area contributed by atoms with Crippen LogP contribution in [0.3, 0.4) is 0 Å². The third kappa shape index (κ3) is 2.39. The van der Waals surface area contributed by atoms with Crippen LogP contribution in [0.15, 0.2) is 36.5 Å². The van der Waals surface area contributed by atoms with E-state index in [2.05, 4.69) is 16.4 Å². The van der Waals surface area contributed by atoms with E-state index in [0.717, 1.165) is 36.5 Å². The van der Waals surface area contributed by atoms with Gasteiger partial charge in [-0.25, -0.2) is 4.39 Å². The highest BCUT2D eigenvalue weighted by atomic mass is 19.1. The quantitative estimate of drug-likeness (QED) is 0.933. The lowest BCUT2D eigenvalue weighted by Gasteiger charge is -2.24. The zero-order valence-electron chi connectivity index (χ0n) is 11.4. The van der Waals surface area contributed by atoms with Crippen LogP contribution in [0.4, 0.5) is 4.39 Å². The van der Waals surface area contributed by atoms with Gasteiger partial charge in [-0.15, -0.1) is 0 Å². The average molecular weight is 272 g/mol. The molecule has 4 heteroatoms. The van der Waals surface area contributed by atoms with Crippen molar-refractivity contribution in [1.82, 2.24) is 10.3 Å². The number of nitrogens with one attached hydrogen (secondary N) is 1. The van der Waals surface area contributed by atoms with E-state index in [-0.39, 0.29) is 11.9 Å². The number of aryl methyl sites for hydroxylation is 1. The summed E-state index contributed by atoms with van der Waals surface area (Å²) in [5.41, 5.74) is 3.08. The van der Waals surface area contributed by atoms with Gasteiger partial charge in [0, 0.05) is 5.56 Å². The van der Waals surface area contributed by atoms with Gasteiger partial charge in [-0.3, -0.25) is 4.98 Å². The standard InChI is InChI=1S/C16H17FN2O/c1-18-15(14-8-7-12(17)10-19-14)13-6-2-4-11-5-3-9-20-16(11)13/h2,4,6-8,10,15,18H,3,5,9H2,1H3. The van der Waals surface area contributed by atoms with Crippen LogP contribution in [-0.2, 0) is 6.42 Å². The number of para-hydroxylation sites is 1. The van der Waals surface area contributed by atoms with Crippen molar-refractivity contribution < 1.29 is 9.13 Å². The molecule has 0 aliphatic carbocycles. The summed E-state index contributed by atoms with van der Waals surface area (Å²) in [4.78, 5) is 4.18. The van der Waals surface area contributed by atoms with Gasteiger partial charge in [-0.05, 0) is 37.6 Å². The second-order valence-electron chi connectivity index (χ2n) is 4.91. The van der Waals surface area contributed by atoms with Crippen molar-refractivity contribution in [2.45, 2.75) is 18.9 Å². The molecule has 1 aromatic heterocycles. The first-order valence-electron chi connectivity index (χ1n) is 6.83. The molecule has 1 aliphatic heterocycles. The monoisotopic (exact) mass is 272 g/mol. The Hall–Kier alpha value is -1.94. The van der Waals surface area contributed by atoms with Crippen LogP contribution in [0.1, 0.15) is 29.3 Å². The molecule has 2 heterocycles. The van der Waals surface area contributed by atoms with Gasteiger partial charge in [-0.1, -0.05) is 18.2 Å². The van der Waals surface area contributed by atoms with Crippen LogP contribution in [0, 0.1) is 5.82 Å². The Morgan fingerprint density at radius 2 is 2.20 bits per heavy atom. The zero-order valence-corrected chi connectivity index (χ0v) is 11.4. The normalized spacial score (nSPS) is 15.3. The van der Waals surface area contributed by atoms with E-state index in [1.165, 1.54) is 17.8 Å². The van der Waals surface area contributed by atoms with E-state index in [4.69, 9.17) is 4.74 Å². The van der Waals surface area contributed by atoms with Crippen molar-refractivity contribution in [2.24, 2.45) is 0 Å². The van der Waals surface area contributed by atoms with Gasteiger partial charge in [0.05, 0.1) is 24.5 Å². The van der Waals surface area contributed by atoms with E-state index in [1.54, 1.807) is 6.07 Å². The maximum absolute atomic E-state index is 13.0. The number of ether oxygens (including phenoxy) is 1. The third-order valence-corrected chi connectivity index (χ3v) is 3.61. The van der Waals surface area contributed by atoms with Crippen molar-refractivity contribution in [2.75, 3.05) is 13.7 Å². The molecular weight excluding hydrogens is 255 g/mol. The van der Waals surface area contributed by atoms with Crippen LogP contribution >= 0.6 is 0 Å². The Morgan fingerprint density at radius 1 is 1.30 bits per heavy atom. The smallest absolute Gasteiger partial charge is 0.141 e. The lowest BCUT2D eigenvalue weighted by atomic mass is 9.96. The Morgan fingerprint density at radius 3 is 2.95 bits per heavy atom. The van der Waals surface area contributed by atoms with Crippen molar-refractivity contribution in [3.63, 3.8) is 0 Å². The Bertz CT molecular complexity index is 598. The van der Waals surface area contributed by atoms with E-state index < -0.39 is 0 Å². The summed E-state index contributed by atoms with van der Waals surface area (Å²) >= 11 is 0. The van der Waals surface area contributed by atoms with Gasteiger partial charge in [0.1, 0.15) is 11.6 Å². The Kier molecular flexibility index (Phi) is 3.65. The predicted octanol–water partition coefficient (Wildman–Crippen LogP) is 2.85. The average Bonchev–Trinajstić information content (AvgIpc) is 2.50. The summed E-state index contributed by atoms with van der Waals surface area (Å²) in [5, 5.41) is 3.24. The minimum absolute atomic E-state index is 0.0938. The molecule has 1 atom stereocenters. The molecule has 20 heavy (non-hydrogen) atoms. The van der Waals surface area contributed by atoms with Gasteiger partial charge in [0.25, 0.3) is 0 Å². The number of benzene rings is 1. The molecule has 2 aromatic rings. The van der Waals surface area contributed by atoms with Crippen LogP contribution < -0.4 is 10.1 Å². The van der Waals surface area contributed by atoms with E-state index in [1.807, 2.05) is 19.2 Å². The molecule has 1 unspecified atom stereocenters. The highest BCUT2D eigenvalue weighted by molar-refractivity contribution is 5.46. The second kappa shape index (κ2) is 5.59. The van der Waals surface area contributed by atoms with Gasteiger partial charge in [0.15, 0.2) is 0 Å². The SMILES string of the molecule is CNC(c1ccc(F)cn1)c1cccc2c1OCCC2. The first kappa shape index (κ1) is 13.1. The van der Waals surface area contributed by atoms with Gasteiger partial charge < -0.3 is 10.1 Å². The number of hydrogen-bond acceptors (Lipinski definition) is 3. The molecule has 3 rings (SSSR count). The van der Waals surface area contributed by atoms with Crippen molar-refractivity contribution in [3.8, 4) is 5.75 Å². The molecule has 0 radical (unpaired) electrons. The van der Waals surface area contributed by atoms with Gasteiger partial charge in [-0.2, -0.15) is 0 Å². The van der Waals surface area contributed by atoms with E-state index in [9.17, 15) is 4.39 Å². The first-order chi connectivity index (χ1) is 9.79. The lowest BCUT2D eigenvalue weighted by molar-refractivity contribution is 0.283. The molecular formula is C16H17FN2O. The van der Waals surface area contributed by atoms with Gasteiger partial charge >= 0.3 is 0 Å². The molecule has 0 amide bonds. The number of hydrogen-bond donors (Lipinski definition) is 1. The molecule has 0 saturated carbocycles. The minimum Gasteiger partial charge on any atom is -0.493 e. The summed E-state index contributed by atoms with van der Waals surface area (Å²) in [5.74, 6) is 0.624. The predicted molar refractivity (Wildman–Crippen MR) is 75.4 cm³/mol. The van der Waals surface area contributed by atoms with Crippen LogP contribution in [0.2, 0.25) is 0 Å². The molecule has 0 bridgehead atoms. The summed E-state index contributed by atoms with van der Waals surface area (Å²) in [6, 6.07) is 9.22. The van der Waals surface area contributed by atoms with Crippen molar-refractivity contribution in [1.29, 1.82) is 0 Å². The third-order valence-electron chi connectivity index (χ3n) is 3.61. The number of pyridine rings is 1. The minimum atomic E-state index is -0.324. The molecule has 0 saturated heterocycles. The Labute approximate surface area is 117 Å². The number of nitrogens with zero attached hydrogens (tertiary/aromatic N) is 1. The fourth-order valence-electron chi connectivity index (χ4n) is 2.66. The zero-order chi connectivity index (χ0) is 13.9. The maximum Gasteiger partial charge on any atom is 0.141 e. The number of rotatable bonds is 3. The van der Waals surface area contributed by atoms with Crippen LogP contribution in [0.25, 0.3) is 0 Å². The molecule has 0 spiro atoms. The topological polar surface area (TPSA) is 34.2 Å². The number of aromatic nitrogens is 1. The molecule has 1 aromatic carbocycles. The lowest BCUT2D eigenvalue weighted by Crippen LogP contribution is -2.21. The van der Waals surface area contributed by atoms with Crippen LogP contribution in [-0.4, -0.2) is 18.6 Å². The number of fused-ring (bicyclic) bond motifs is 1. The van der Waals surface area contributed by atoms with Crippen molar-refractivity contribution in [3.05, 3.63) is 59.2 Å². The van der Waals surface area contributed by atoms with Gasteiger partial charge in [0.2, 0.25) is 0 Å². The molecule has 104 valence electrons. The summed E-state index contributed by atoms with van der Waals surface area (Å²) in [6.07, 6.45) is 3.34. The second-order valence-corrected chi connectivity index (χ2v) is 4.91. The van der Waals surface area contributed by atoms with E-state index in [0.29, 0.717) is 0 Å². The fourth-order valence-corrected chi connectivity index (χ4v) is 2.66. The van der Waals surface area contributed by atoms with E-state index >= 15 is 0 Å².